The molecule has 4 rings (SSSR count). The summed E-state index contributed by atoms with van der Waals surface area (Å²) in [4.78, 5) is 15.1. The van der Waals surface area contributed by atoms with Crippen molar-refractivity contribution in [2.24, 2.45) is 5.73 Å². The number of hydrogen-bond acceptors (Lipinski definition) is 5. The molecule has 28 heavy (non-hydrogen) atoms. The molecule has 4 N–H and O–H groups in total. The minimum Gasteiger partial charge on any atom is -0.465 e. The van der Waals surface area contributed by atoms with Gasteiger partial charge in [-0.1, -0.05) is 47.6 Å². The molecule has 2 aromatic carbocycles. The molecule has 0 aliphatic carbocycles. The lowest BCUT2D eigenvalue weighted by Gasteiger charge is -2.15. The van der Waals surface area contributed by atoms with Crippen LogP contribution in [-0.2, 0) is 6.42 Å². The molecule has 0 aliphatic rings. The van der Waals surface area contributed by atoms with Crippen molar-refractivity contribution >= 4 is 22.9 Å². The van der Waals surface area contributed by atoms with Gasteiger partial charge in [-0.15, -0.1) is 0 Å². The summed E-state index contributed by atoms with van der Waals surface area (Å²) in [6.07, 6.45) is -0.709. The molecule has 0 spiro atoms. The van der Waals surface area contributed by atoms with E-state index < -0.39 is 6.09 Å². The number of pyridine rings is 1. The van der Waals surface area contributed by atoms with Crippen molar-refractivity contribution in [2.75, 3.05) is 5.32 Å². The maximum Gasteiger partial charge on any atom is 0.410 e. The molecule has 2 aromatic heterocycles. The minimum absolute atomic E-state index is 0.271. The van der Waals surface area contributed by atoms with Crippen molar-refractivity contribution in [1.82, 2.24) is 10.1 Å². The van der Waals surface area contributed by atoms with E-state index in [1.54, 1.807) is 12.1 Å². The third-order valence-electron chi connectivity index (χ3n) is 4.46. The van der Waals surface area contributed by atoms with E-state index in [1.165, 1.54) is 0 Å². The summed E-state index contributed by atoms with van der Waals surface area (Å²) in [5, 5.41) is 16.3. The van der Waals surface area contributed by atoms with E-state index >= 15 is 0 Å². The average Bonchev–Trinajstić information content (AvgIpc) is 3.12. The number of carboxylic acid groups (broad SMARTS) is 1. The van der Waals surface area contributed by atoms with Crippen molar-refractivity contribution in [2.45, 2.75) is 12.5 Å². The predicted molar refractivity (Wildman–Crippen MR) is 106 cm³/mol. The highest BCUT2D eigenvalue weighted by molar-refractivity contribution is 5.92. The zero-order valence-corrected chi connectivity index (χ0v) is 14.9. The number of nitrogens with zero attached hydrogens (tertiary/aromatic N) is 2. The van der Waals surface area contributed by atoms with Crippen LogP contribution in [0.3, 0.4) is 0 Å². The SMILES string of the molecule is NC(Cc1cccc(NC(=O)O)n1)c1ccccc1-c1noc2ccccc12. The first-order valence-electron chi connectivity index (χ1n) is 8.77. The van der Waals surface area contributed by atoms with E-state index in [0.29, 0.717) is 12.1 Å². The quantitative estimate of drug-likeness (QED) is 0.482. The summed E-state index contributed by atoms with van der Waals surface area (Å²) in [5.74, 6) is 0.271. The number of rotatable bonds is 5. The number of fused-ring (bicyclic) bond motifs is 1. The molecule has 0 saturated carbocycles. The Morgan fingerprint density at radius 1 is 1.07 bits per heavy atom. The first kappa shape index (κ1) is 17.7. The van der Waals surface area contributed by atoms with E-state index in [-0.39, 0.29) is 11.9 Å². The van der Waals surface area contributed by atoms with Crippen LogP contribution in [0.4, 0.5) is 10.6 Å². The molecule has 1 atom stereocenters. The Hall–Kier alpha value is -3.71. The molecule has 1 amide bonds. The smallest absolute Gasteiger partial charge is 0.410 e. The largest absolute Gasteiger partial charge is 0.465 e. The maximum absolute atomic E-state index is 10.8. The molecule has 0 radical (unpaired) electrons. The number of nitrogens with one attached hydrogen (secondary N) is 1. The van der Waals surface area contributed by atoms with Gasteiger partial charge in [0.1, 0.15) is 11.5 Å². The van der Waals surface area contributed by atoms with Gasteiger partial charge in [0.25, 0.3) is 0 Å². The van der Waals surface area contributed by atoms with E-state index in [4.69, 9.17) is 15.4 Å². The van der Waals surface area contributed by atoms with Crippen LogP contribution in [0.15, 0.2) is 71.3 Å². The minimum atomic E-state index is -1.16. The molecule has 0 aliphatic heterocycles. The molecular weight excluding hydrogens is 356 g/mol. The Labute approximate surface area is 160 Å². The van der Waals surface area contributed by atoms with Gasteiger partial charge in [-0.25, -0.2) is 9.78 Å². The first-order valence-corrected chi connectivity index (χ1v) is 8.77. The topological polar surface area (TPSA) is 114 Å². The lowest BCUT2D eigenvalue weighted by molar-refractivity contribution is 0.209. The zero-order chi connectivity index (χ0) is 19.5. The molecule has 0 bridgehead atoms. The Balaban J connectivity index is 1.66. The number of benzene rings is 2. The monoisotopic (exact) mass is 374 g/mol. The van der Waals surface area contributed by atoms with Gasteiger partial charge in [-0.3, -0.25) is 5.32 Å². The second kappa shape index (κ2) is 7.50. The predicted octanol–water partition coefficient (Wildman–Crippen LogP) is 4.22. The van der Waals surface area contributed by atoms with Gasteiger partial charge in [-0.2, -0.15) is 0 Å². The van der Waals surface area contributed by atoms with Crippen LogP contribution >= 0.6 is 0 Å². The molecule has 0 fully saturated rings. The number of aromatic nitrogens is 2. The summed E-state index contributed by atoms with van der Waals surface area (Å²) in [6, 6.07) is 20.3. The Kier molecular flexibility index (Phi) is 4.74. The first-order chi connectivity index (χ1) is 13.6. The lowest BCUT2D eigenvalue weighted by Crippen LogP contribution is -2.16. The number of amides is 1. The van der Waals surface area contributed by atoms with Crippen molar-refractivity contribution in [3.63, 3.8) is 0 Å². The molecule has 2 heterocycles. The third-order valence-corrected chi connectivity index (χ3v) is 4.46. The molecular formula is C21H18N4O3. The number of anilines is 1. The van der Waals surface area contributed by atoms with Gasteiger partial charge < -0.3 is 15.4 Å². The fourth-order valence-corrected chi connectivity index (χ4v) is 3.22. The highest BCUT2D eigenvalue weighted by Crippen LogP contribution is 2.33. The highest BCUT2D eigenvalue weighted by Gasteiger charge is 2.18. The molecule has 1 unspecified atom stereocenters. The molecule has 4 aromatic rings. The highest BCUT2D eigenvalue weighted by atomic mass is 16.5. The maximum atomic E-state index is 10.8. The van der Waals surface area contributed by atoms with E-state index in [1.807, 2.05) is 54.6 Å². The molecule has 7 heteroatoms. The number of hydrogen-bond donors (Lipinski definition) is 3. The number of para-hydroxylation sites is 1. The normalized spacial score (nSPS) is 12.0. The Morgan fingerprint density at radius 3 is 2.71 bits per heavy atom. The second-order valence-electron chi connectivity index (χ2n) is 6.37. The fourth-order valence-electron chi connectivity index (χ4n) is 3.22. The standard InChI is InChI=1S/C21H18N4O3/c22-17(12-13-6-5-11-19(23-13)24-21(26)27)14-7-1-2-8-15(14)20-16-9-3-4-10-18(16)28-25-20/h1-11,17H,12,22H2,(H,23,24)(H,26,27). The zero-order valence-electron chi connectivity index (χ0n) is 14.9. The second-order valence-corrected chi connectivity index (χ2v) is 6.37. The van der Waals surface area contributed by atoms with Crippen molar-refractivity contribution < 1.29 is 14.4 Å². The van der Waals surface area contributed by atoms with Crippen LogP contribution in [-0.4, -0.2) is 21.3 Å². The summed E-state index contributed by atoms with van der Waals surface area (Å²) in [7, 11) is 0. The summed E-state index contributed by atoms with van der Waals surface area (Å²) < 4.78 is 5.44. The number of nitrogens with two attached hydrogens (primary N) is 1. The van der Waals surface area contributed by atoms with Crippen LogP contribution in [0, 0.1) is 0 Å². The summed E-state index contributed by atoms with van der Waals surface area (Å²) in [5.41, 5.74) is 10.5. The van der Waals surface area contributed by atoms with Gasteiger partial charge in [-0.05, 0) is 29.8 Å². The van der Waals surface area contributed by atoms with E-state index in [2.05, 4.69) is 15.5 Å². The van der Waals surface area contributed by atoms with Gasteiger partial charge >= 0.3 is 6.09 Å². The van der Waals surface area contributed by atoms with Gasteiger partial charge in [0.05, 0.1) is 0 Å². The van der Waals surface area contributed by atoms with Crippen LogP contribution in [0.1, 0.15) is 17.3 Å². The molecule has 0 saturated heterocycles. The van der Waals surface area contributed by atoms with Gasteiger partial charge in [0.2, 0.25) is 0 Å². The van der Waals surface area contributed by atoms with Crippen molar-refractivity contribution in [3.05, 3.63) is 78.0 Å². The van der Waals surface area contributed by atoms with Crippen molar-refractivity contribution in [3.8, 4) is 11.3 Å². The number of carbonyl (C=O) groups is 1. The molecule has 7 nitrogen and oxygen atoms in total. The van der Waals surface area contributed by atoms with Crippen LogP contribution in [0.2, 0.25) is 0 Å². The van der Waals surface area contributed by atoms with Crippen molar-refractivity contribution in [1.29, 1.82) is 0 Å². The summed E-state index contributed by atoms with van der Waals surface area (Å²) >= 11 is 0. The molecule has 140 valence electrons. The van der Waals surface area contributed by atoms with Crippen LogP contribution in [0.5, 0.6) is 0 Å². The fraction of sp³-hybridized carbons (Fsp3) is 0.0952. The van der Waals surface area contributed by atoms with Gasteiger partial charge in [0.15, 0.2) is 5.58 Å². The van der Waals surface area contributed by atoms with Crippen LogP contribution in [0.25, 0.3) is 22.2 Å². The third kappa shape index (κ3) is 3.56. The lowest BCUT2D eigenvalue weighted by atomic mass is 9.94. The Morgan fingerprint density at radius 2 is 1.86 bits per heavy atom. The Bertz CT molecular complexity index is 1140. The summed E-state index contributed by atoms with van der Waals surface area (Å²) in [6.45, 7) is 0. The van der Waals surface area contributed by atoms with Gasteiger partial charge in [0, 0.05) is 29.1 Å². The van der Waals surface area contributed by atoms with E-state index in [9.17, 15) is 4.79 Å². The van der Waals surface area contributed by atoms with E-state index in [0.717, 1.165) is 27.8 Å². The van der Waals surface area contributed by atoms with Crippen LogP contribution < -0.4 is 11.1 Å². The average molecular weight is 374 g/mol.